The highest BCUT2D eigenvalue weighted by molar-refractivity contribution is 7.47. The number of phosphoric acid groups is 2. The summed E-state index contributed by atoms with van der Waals surface area (Å²) in [5, 5.41) is 10.7. The fourth-order valence-electron chi connectivity index (χ4n) is 12.8. The number of aliphatic hydroxyl groups excluding tert-OH is 1. The van der Waals surface area contributed by atoms with Gasteiger partial charge in [-0.3, -0.25) is 37.3 Å². The zero-order valence-corrected chi connectivity index (χ0v) is 70.5. The molecule has 7 atom stereocenters. The third-order valence-corrected chi connectivity index (χ3v) is 22.1. The number of carbonyl (C=O) groups is 4. The molecule has 19 heteroatoms. The summed E-state index contributed by atoms with van der Waals surface area (Å²) in [6, 6.07) is 0. The van der Waals surface area contributed by atoms with Gasteiger partial charge in [0, 0.05) is 25.7 Å². The van der Waals surface area contributed by atoms with E-state index in [1.54, 1.807) is 0 Å². The van der Waals surface area contributed by atoms with Crippen LogP contribution < -0.4 is 0 Å². The first-order chi connectivity index (χ1) is 50.8. The van der Waals surface area contributed by atoms with Crippen molar-refractivity contribution in [1.82, 2.24) is 0 Å². The quantitative estimate of drug-likeness (QED) is 0.0169. The maximum absolute atomic E-state index is 13.1. The summed E-state index contributed by atoms with van der Waals surface area (Å²) in [6.45, 7) is 12.0. The van der Waals surface area contributed by atoms with Gasteiger partial charge in [-0.2, -0.15) is 0 Å². The summed E-state index contributed by atoms with van der Waals surface area (Å²) in [4.78, 5) is 73.1. The van der Waals surface area contributed by atoms with Gasteiger partial charge in [0.15, 0.2) is 12.2 Å². The van der Waals surface area contributed by atoms with E-state index < -0.39 is 97.5 Å². The van der Waals surface area contributed by atoms with E-state index in [0.29, 0.717) is 31.6 Å². The van der Waals surface area contributed by atoms with Gasteiger partial charge in [-0.25, -0.2) is 9.13 Å². The van der Waals surface area contributed by atoms with Crippen LogP contribution in [0, 0.1) is 17.8 Å². The largest absolute Gasteiger partial charge is 0.472 e. The fraction of sp³-hybridized carbons (Fsp3) is 0.907. The second-order valence-electron chi connectivity index (χ2n) is 31.2. The molecule has 0 heterocycles. The molecule has 0 radical (unpaired) electrons. The number of unbranched alkanes of at least 4 members (excludes halogenated alkanes) is 45. The molecule has 0 saturated heterocycles. The van der Waals surface area contributed by atoms with Gasteiger partial charge in [-0.15, -0.1) is 0 Å². The lowest BCUT2D eigenvalue weighted by Gasteiger charge is -2.21. The molecule has 0 rings (SSSR count). The molecule has 0 aliphatic rings. The Balaban J connectivity index is 5.23. The van der Waals surface area contributed by atoms with Gasteiger partial charge in [-0.1, -0.05) is 375 Å². The second kappa shape index (κ2) is 75.6. The molecule has 5 unspecified atom stereocenters. The lowest BCUT2D eigenvalue weighted by molar-refractivity contribution is -0.161. The third-order valence-electron chi connectivity index (χ3n) is 20.2. The Morgan fingerprint density at radius 3 is 0.848 bits per heavy atom. The van der Waals surface area contributed by atoms with E-state index in [1.807, 2.05) is 0 Å². The fourth-order valence-corrected chi connectivity index (χ4v) is 14.3. The number of carbonyl (C=O) groups excluding carboxylic acids is 4. The maximum atomic E-state index is 13.1. The SMILES string of the molecule is CCCCCC/C=C\C=C/CCCCCCCC(=O)O[C@H](COC(=O)CCCCCCCCCCCCCCCCC(C)CC)COP(=O)(O)OCC(O)COP(=O)(O)OC[C@@H](COC(=O)CCCCCCCCCC(C)C)OC(=O)CCCCCCCCCCCCCCCCCCCCC(C)CC. The van der Waals surface area contributed by atoms with Crippen LogP contribution in [0.3, 0.4) is 0 Å². The van der Waals surface area contributed by atoms with Crippen molar-refractivity contribution in [2.45, 2.75) is 446 Å². The first kappa shape index (κ1) is 103. The summed E-state index contributed by atoms with van der Waals surface area (Å²) in [5.41, 5.74) is 0. The molecular weight excluding hydrogens is 1370 g/mol. The molecule has 0 aromatic carbocycles. The zero-order chi connectivity index (χ0) is 77.2. The number of aliphatic hydroxyl groups is 1. The summed E-state index contributed by atoms with van der Waals surface area (Å²) in [6.07, 6.45) is 68.9. The summed E-state index contributed by atoms with van der Waals surface area (Å²) >= 11 is 0. The number of phosphoric ester groups is 2. The molecule has 0 spiro atoms. The average Bonchev–Trinajstić information content (AvgIpc) is 0.904. The van der Waals surface area contributed by atoms with Crippen molar-refractivity contribution in [3.05, 3.63) is 24.3 Å². The average molecular weight is 1530 g/mol. The van der Waals surface area contributed by atoms with Crippen molar-refractivity contribution >= 4 is 39.5 Å². The van der Waals surface area contributed by atoms with Crippen molar-refractivity contribution in [1.29, 1.82) is 0 Å². The number of allylic oxidation sites excluding steroid dienone is 4. The van der Waals surface area contributed by atoms with E-state index in [1.165, 1.54) is 218 Å². The Hall–Kier alpha value is -2.46. The molecule has 17 nitrogen and oxygen atoms in total. The number of esters is 4. The molecule has 105 heavy (non-hydrogen) atoms. The highest BCUT2D eigenvalue weighted by atomic mass is 31.2. The molecule has 0 aromatic heterocycles. The van der Waals surface area contributed by atoms with Crippen LogP contribution in [0.2, 0.25) is 0 Å². The van der Waals surface area contributed by atoms with Gasteiger partial charge in [0.25, 0.3) is 0 Å². The maximum Gasteiger partial charge on any atom is 0.472 e. The summed E-state index contributed by atoms with van der Waals surface area (Å²) < 4.78 is 68.8. The normalized spacial score (nSPS) is 14.5. The van der Waals surface area contributed by atoms with Crippen LogP contribution in [0.5, 0.6) is 0 Å². The van der Waals surface area contributed by atoms with Crippen molar-refractivity contribution in [2.75, 3.05) is 39.6 Å². The summed E-state index contributed by atoms with van der Waals surface area (Å²) in [5.74, 6) is 0.284. The van der Waals surface area contributed by atoms with Gasteiger partial charge in [0.1, 0.15) is 19.3 Å². The molecule has 0 amide bonds. The minimum absolute atomic E-state index is 0.0852. The Bertz CT molecular complexity index is 2130. The van der Waals surface area contributed by atoms with Crippen LogP contribution >= 0.6 is 15.6 Å². The van der Waals surface area contributed by atoms with E-state index in [4.69, 9.17) is 37.0 Å². The van der Waals surface area contributed by atoms with Crippen molar-refractivity contribution < 1.29 is 80.2 Å². The molecule has 3 N–H and O–H groups in total. The van der Waals surface area contributed by atoms with E-state index in [2.05, 4.69) is 72.8 Å². The first-order valence-electron chi connectivity index (χ1n) is 43.7. The van der Waals surface area contributed by atoms with Gasteiger partial charge in [0.05, 0.1) is 26.4 Å². The third kappa shape index (κ3) is 76.7. The van der Waals surface area contributed by atoms with Gasteiger partial charge >= 0.3 is 39.5 Å². The lowest BCUT2D eigenvalue weighted by atomic mass is 9.99. The number of hydrogen-bond donors (Lipinski definition) is 3. The molecular formula is C86H164O17P2. The molecule has 0 aliphatic carbocycles. The topological polar surface area (TPSA) is 237 Å². The van der Waals surface area contributed by atoms with Crippen LogP contribution in [0.4, 0.5) is 0 Å². The minimum Gasteiger partial charge on any atom is -0.462 e. The monoisotopic (exact) mass is 1530 g/mol. The molecule has 0 aliphatic heterocycles. The Morgan fingerprint density at radius 1 is 0.314 bits per heavy atom. The first-order valence-corrected chi connectivity index (χ1v) is 46.7. The highest BCUT2D eigenvalue weighted by Gasteiger charge is 2.30. The predicted molar refractivity (Wildman–Crippen MR) is 432 cm³/mol. The second-order valence-corrected chi connectivity index (χ2v) is 34.1. The van der Waals surface area contributed by atoms with Gasteiger partial charge in [-0.05, 0) is 69.1 Å². The summed E-state index contributed by atoms with van der Waals surface area (Å²) in [7, 11) is -9.94. The van der Waals surface area contributed by atoms with Crippen LogP contribution in [-0.2, 0) is 65.4 Å². The van der Waals surface area contributed by atoms with Gasteiger partial charge < -0.3 is 33.8 Å². The zero-order valence-electron chi connectivity index (χ0n) is 68.7. The van der Waals surface area contributed by atoms with Crippen LogP contribution in [-0.4, -0.2) is 96.7 Å². The molecule has 0 aromatic rings. The number of ether oxygens (including phenoxy) is 4. The van der Waals surface area contributed by atoms with Crippen molar-refractivity contribution in [2.24, 2.45) is 17.8 Å². The molecule has 0 fully saturated rings. The van der Waals surface area contributed by atoms with E-state index >= 15 is 0 Å². The van der Waals surface area contributed by atoms with Crippen molar-refractivity contribution in [3.8, 4) is 0 Å². The Labute approximate surface area is 643 Å². The van der Waals surface area contributed by atoms with Crippen LogP contribution in [0.25, 0.3) is 0 Å². The molecule has 620 valence electrons. The predicted octanol–water partition coefficient (Wildman–Crippen LogP) is 25.6. The highest BCUT2D eigenvalue weighted by Crippen LogP contribution is 2.45. The molecule has 0 saturated carbocycles. The molecule has 0 bridgehead atoms. The lowest BCUT2D eigenvalue weighted by Crippen LogP contribution is -2.30. The van der Waals surface area contributed by atoms with E-state index in [9.17, 15) is 43.2 Å². The van der Waals surface area contributed by atoms with Crippen LogP contribution in [0.1, 0.15) is 427 Å². The van der Waals surface area contributed by atoms with Crippen molar-refractivity contribution in [3.63, 3.8) is 0 Å². The van der Waals surface area contributed by atoms with Crippen LogP contribution in [0.15, 0.2) is 24.3 Å². The minimum atomic E-state index is -4.97. The smallest absolute Gasteiger partial charge is 0.462 e. The van der Waals surface area contributed by atoms with Gasteiger partial charge in [0.2, 0.25) is 0 Å². The number of rotatable bonds is 82. The van der Waals surface area contributed by atoms with E-state index in [0.717, 1.165) is 121 Å². The Kier molecular flexibility index (Phi) is 73.8. The number of hydrogen-bond acceptors (Lipinski definition) is 15. The Morgan fingerprint density at radius 2 is 0.562 bits per heavy atom. The standard InChI is InChI=1S/C86H164O17P2/c1-8-11-12-13-14-15-16-17-22-30-35-40-47-55-62-69-85(90)102-81(73-96-83(88)67-60-53-46-39-34-29-26-25-28-33-38-45-52-59-66-79(7)10-3)75-100-104(92,93)98-71-80(87)72-99-105(94,95)101-76-82(74-97-84(89)68-61-54-49-42-43-50-57-64-77(4)5)103-86(91)70-63-56-48-41-36-31-24-21-19-18-20-23-27-32-37-44-51-58-65-78(6)9-2/h15-17,22,77-82,87H,8-14,18-21,23-76H2,1-7H3,(H,92,93)(H,94,95)/b16-15-,22-17-/t78?,79?,80?,81-,82-/m1/s1. The van der Waals surface area contributed by atoms with E-state index in [-0.39, 0.29) is 25.7 Å².